The van der Waals surface area contributed by atoms with Crippen molar-refractivity contribution >= 4 is 29.2 Å². The molecule has 128 valence electrons. The first-order valence-corrected chi connectivity index (χ1v) is 8.33. The monoisotopic (exact) mass is 367 g/mol. The fraction of sp³-hybridized carbons (Fsp3) is 0.278. The third-order valence-electron chi connectivity index (χ3n) is 3.41. The van der Waals surface area contributed by atoms with Gasteiger partial charge in [-0.05, 0) is 43.2 Å². The van der Waals surface area contributed by atoms with Crippen LogP contribution in [0.4, 0.5) is 0 Å². The number of rotatable bonds is 7. The Hall–Kier alpha value is -1.75. The number of halogens is 2. The Morgan fingerprint density at radius 1 is 1.12 bits per heavy atom. The molecular formula is C18H19Cl2NO3. The van der Waals surface area contributed by atoms with Gasteiger partial charge in [0.15, 0.2) is 0 Å². The van der Waals surface area contributed by atoms with Gasteiger partial charge in [0.25, 0.3) is 0 Å². The molecule has 2 N–H and O–H groups in total. The third-order valence-corrected chi connectivity index (χ3v) is 4.12. The van der Waals surface area contributed by atoms with Crippen molar-refractivity contribution in [3.8, 4) is 5.75 Å². The van der Waals surface area contributed by atoms with Gasteiger partial charge in [-0.2, -0.15) is 0 Å². The number of carbonyl (C=O) groups is 1. The van der Waals surface area contributed by atoms with E-state index in [9.17, 15) is 4.79 Å². The Morgan fingerprint density at radius 2 is 1.75 bits per heavy atom. The first kappa shape index (κ1) is 18.6. The lowest BCUT2D eigenvalue weighted by Crippen LogP contribution is -2.34. The van der Waals surface area contributed by atoms with Crippen LogP contribution in [0, 0.1) is 0 Å². The van der Waals surface area contributed by atoms with Gasteiger partial charge >= 0.3 is 5.97 Å². The van der Waals surface area contributed by atoms with E-state index in [4.69, 9.17) is 38.4 Å². The van der Waals surface area contributed by atoms with E-state index in [-0.39, 0.29) is 6.61 Å². The fourth-order valence-corrected chi connectivity index (χ4v) is 2.64. The van der Waals surface area contributed by atoms with Crippen LogP contribution >= 0.6 is 23.2 Å². The molecule has 0 amide bonds. The Labute approximate surface area is 151 Å². The molecule has 2 rings (SSSR count). The van der Waals surface area contributed by atoms with Gasteiger partial charge in [-0.15, -0.1) is 0 Å². The smallest absolute Gasteiger partial charge is 0.323 e. The van der Waals surface area contributed by atoms with E-state index in [2.05, 4.69) is 0 Å². The first-order valence-electron chi connectivity index (χ1n) is 7.58. The molecule has 0 bridgehead atoms. The number of hydrogen-bond acceptors (Lipinski definition) is 4. The number of ether oxygens (including phenoxy) is 2. The summed E-state index contributed by atoms with van der Waals surface area (Å²) in [5.41, 5.74) is 7.48. The molecule has 0 unspecified atom stereocenters. The van der Waals surface area contributed by atoms with Gasteiger partial charge in [0.2, 0.25) is 0 Å². The molecule has 0 saturated heterocycles. The lowest BCUT2D eigenvalue weighted by Gasteiger charge is -2.12. The van der Waals surface area contributed by atoms with E-state index in [1.54, 1.807) is 25.1 Å². The largest absolute Gasteiger partial charge is 0.489 e. The number of esters is 1. The molecule has 2 aromatic rings. The van der Waals surface area contributed by atoms with Crippen LogP contribution in [0.25, 0.3) is 0 Å². The summed E-state index contributed by atoms with van der Waals surface area (Å²) in [5.74, 6) is 0.283. The van der Waals surface area contributed by atoms with Gasteiger partial charge in [0, 0.05) is 15.6 Å². The predicted octanol–water partition coefficient (Wildman–Crippen LogP) is 4.01. The van der Waals surface area contributed by atoms with Crippen LogP contribution in [-0.4, -0.2) is 18.6 Å². The maximum Gasteiger partial charge on any atom is 0.323 e. The average Bonchev–Trinajstić information content (AvgIpc) is 2.56. The summed E-state index contributed by atoms with van der Waals surface area (Å²) in [5, 5.41) is 1.14. The Bertz CT molecular complexity index is 669. The molecule has 2 aromatic carbocycles. The normalized spacial score (nSPS) is 11.8. The topological polar surface area (TPSA) is 61.5 Å². The van der Waals surface area contributed by atoms with Crippen LogP contribution in [0.5, 0.6) is 5.75 Å². The lowest BCUT2D eigenvalue weighted by molar-refractivity contribution is -0.144. The molecule has 0 aliphatic heterocycles. The summed E-state index contributed by atoms with van der Waals surface area (Å²) in [6, 6.07) is 12.0. The second kappa shape index (κ2) is 8.92. The Balaban J connectivity index is 1.94. The van der Waals surface area contributed by atoms with Crippen molar-refractivity contribution in [1.29, 1.82) is 0 Å². The molecule has 1 atom stereocenters. The van der Waals surface area contributed by atoms with Crippen molar-refractivity contribution in [3.05, 3.63) is 63.6 Å². The second-order valence-corrected chi connectivity index (χ2v) is 6.01. The predicted molar refractivity (Wildman–Crippen MR) is 95.5 cm³/mol. The van der Waals surface area contributed by atoms with Crippen molar-refractivity contribution in [2.75, 3.05) is 6.61 Å². The number of hydrogen-bond donors (Lipinski definition) is 1. The molecular weight excluding hydrogens is 349 g/mol. The van der Waals surface area contributed by atoms with Crippen LogP contribution in [0.15, 0.2) is 42.5 Å². The molecule has 0 fully saturated rings. The van der Waals surface area contributed by atoms with E-state index in [0.29, 0.717) is 28.8 Å². The van der Waals surface area contributed by atoms with Crippen LogP contribution < -0.4 is 10.5 Å². The highest BCUT2D eigenvalue weighted by atomic mass is 35.5. The number of nitrogens with two attached hydrogens (primary N) is 1. The first-order chi connectivity index (χ1) is 11.5. The highest BCUT2D eigenvalue weighted by Gasteiger charge is 2.15. The van der Waals surface area contributed by atoms with Crippen molar-refractivity contribution in [1.82, 2.24) is 0 Å². The zero-order valence-electron chi connectivity index (χ0n) is 13.3. The van der Waals surface area contributed by atoms with Gasteiger partial charge in [-0.3, -0.25) is 4.79 Å². The van der Waals surface area contributed by atoms with Crippen molar-refractivity contribution in [3.63, 3.8) is 0 Å². The molecule has 0 spiro atoms. The summed E-state index contributed by atoms with van der Waals surface area (Å²) in [6.07, 6.45) is 0.412. The maximum atomic E-state index is 11.5. The summed E-state index contributed by atoms with van der Waals surface area (Å²) in [4.78, 5) is 11.5. The highest BCUT2D eigenvalue weighted by molar-refractivity contribution is 6.35. The molecule has 0 aliphatic carbocycles. The summed E-state index contributed by atoms with van der Waals surface area (Å²) in [6.45, 7) is 2.35. The minimum atomic E-state index is -0.668. The molecule has 4 nitrogen and oxygen atoms in total. The minimum Gasteiger partial charge on any atom is -0.489 e. The molecule has 0 saturated carbocycles. The SMILES string of the molecule is CCOC(=O)[C@@H](N)Cc1ccc(OCc2c(Cl)cccc2Cl)cc1. The van der Waals surface area contributed by atoms with E-state index in [1.165, 1.54) is 0 Å². The van der Waals surface area contributed by atoms with Crippen LogP contribution in [0.2, 0.25) is 10.0 Å². The standard InChI is InChI=1S/C18H19Cl2NO3/c1-2-23-18(22)17(21)10-12-6-8-13(9-7-12)24-11-14-15(19)4-3-5-16(14)20/h3-9,17H,2,10-11,21H2,1H3/t17-/m0/s1. The highest BCUT2D eigenvalue weighted by Crippen LogP contribution is 2.26. The average molecular weight is 368 g/mol. The van der Waals surface area contributed by atoms with Crippen LogP contribution in [-0.2, 0) is 22.6 Å². The van der Waals surface area contributed by atoms with Crippen LogP contribution in [0.3, 0.4) is 0 Å². The Morgan fingerprint density at radius 3 is 2.33 bits per heavy atom. The van der Waals surface area contributed by atoms with Crippen molar-refractivity contribution in [2.24, 2.45) is 5.73 Å². The third kappa shape index (κ3) is 5.13. The Kier molecular flexibility index (Phi) is 6.91. The van der Waals surface area contributed by atoms with E-state index in [0.717, 1.165) is 11.1 Å². The zero-order valence-corrected chi connectivity index (χ0v) is 14.8. The van der Waals surface area contributed by atoms with Gasteiger partial charge in [0.1, 0.15) is 18.4 Å². The van der Waals surface area contributed by atoms with Crippen molar-refractivity contribution in [2.45, 2.75) is 26.0 Å². The molecule has 0 radical (unpaired) electrons. The lowest BCUT2D eigenvalue weighted by atomic mass is 10.1. The zero-order chi connectivity index (χ0) is 17.5. The summed E-state index contributed by atoms with van der Waals surface area (Å²) < 4.78 is 10.6. The minimum absolute atomic E-state index is 0.278. The molecule has 24 heavy (non-hydrogen) atoms. The number of benzene rings is 2. The van der Waals surface area contributed by atoms with E-state index < -0.39 is 12.0 Å². The van der Waals surface area contributed by atoms with Crippen molar-refractivity contribution < 1.29 is 14.3 Å². The molecule has 0 heterocycles. The summed E-state index contributed by atoms with van der Waals surface area (Å²) >= 11 is 12.2. The quantitative estimate of drug-likeness (QED) is 0.751. The summed E-state index contributed by atoms with van der Waals surface area (Å²) in [7, 11) is 0. The molecule has 0 aliphatic rings. The van der Waals surface area contributed by atoms with Crippen LogP contribution in [0.1, 0.15) is 18.1 Å². The van der Waals surface area contributed by atoms with Gasteiger partial charge in [0.05, 0.1) is 6.61 Å². The second-order valence-electron chi connectivity index (χ2n) is 5.20. The van der Waals surface area contributed by atoms with Gasteiger partial charge in [-0.1, -0.05) is 41.4 Å². The van der Waals surface area contributed by atoms with Gasteiger partial charge in [-0.25, -0.2) is 0 Å². The van der Waals surface area contributed by atoms with Gasteiger partial charge < -0.3 is 15.2 Å². The number of carbonyl (C=O) groups excluding carboxylic acids is 1. The molecule has 6 heteroatoms. The van der Waals surface area contributed by atoms with E-state index >= 15 is 0 Å². The fourth-order valence-electron chi connectivity index (χ4n) is 2.13. The van der Waals surface area contributed by atoms with E-state index in [1.807, 2.05) is 24.3 Å². The molecule has 0 aromatic heterocycles. The maximum absolute atomic E-state index is 11.5.